The van der Waals surface area contributed by atoms with Crippen LogP contribution in [0.2, 0.25) is 0 Å². The third kappa shape index (κ3) is 2.42. The van der Waals surface area contributed by atoms with Gasteiger partial charge in [-0.3, -0.25) is 0 Å². The zero-order valence-electron chi connectivity index (χ0n) is 10.4. The first-order chi connectivity index (χ1) is 8.81. The molecule has 0 bridgehead atoms. The van der Waals surface area contributed by atoms with E-state index in [0.29, 0.717) is 11.9 Å². The topological polar surface area (TPSA) is 29.5 Å². The number of fused-ring (bicyclic) bond motifs is 1. The Labute approximate surface area is 107 Å². The summed E-state index contributed by atoms with van der Waals surface area (Å²) < 4.78 is 6.02. The molecule has 2 nitrogen and oxygen atoms in total. The van der Waals surface area contributed by atoms with Gasteiger partial charge in [0.1, 0.15) is 11.5 Å². The van der Waals surface area contributed by atoms with E-state index < -0.39 is 0 Å². The maximum absolute atomic E-state index is 9.50. The summed E-state index contributed by atoms with van der Waals surface area (Å²) in [5.41, 5.74) is 0. The molecule has 2 heteroatoms. The van der Waals surface area contributed by atoms with E-state index in [9.17, 15) is 5.11 Å². The summed E-state index contributed by atoms with van der Waals surface area (Å²) in [5, 5.41) is 11.7. The number of rotatable bonds is 2. The predicted molar refractivity (Wildman–Crippen MR) is 73.1 cm³/mol. The summed E-state index contributed by atoms with van der Waals surface area (Å²) in [5.74, 6) is 1.22. The van der Waals surface area contributed by atoms with E-state index in [1.807, 2.05) is 24.3 Å². The maximum Gasteiger partial charge on any atom is 0.120 e. The number of hydrogen-bond acceptors (Lipinski definition) is 2. The van der Waals surface area contributed by atoms with Gasteiger partial charge in [-0.2, -0.15) is 0 Å². The van der Waals surface area contributed by atoms with Crippen LogP contribution in [0.15, 0.2) is 36.4 Å². The fourth-order valence-electron chi connectivity index (χ4n) is 2.66. The molecule has 2 aromatic rings. The minimum Gasteiger partial charge on any atom is -0.508 e. The van der Waals surface area contributed by atoms with E-state index in [1.54, 1.807) is 12.1 Å². The molecule has 0 amide bonds. The average Bonchev–Trinajstić information content (AvgIpc) is 2.39. The summed E-state index contributed by atoms with van der Waals surface area (Å²) in [7, 11) is 0. The third-order valence-electron chi connectivity index (χ3n) is 3.65. The Kier molecular flexibility index (Phi) is 3.09. The van der Waals surface area contributed by atoms with Crippen LogP contribution in [0.25, 0.3) is 10.8 Å². The number of phenols is 1. The van der Waals surface area contributed by atoms with Crippen molar-refractivity contribution in [1.82, 2.24) is 0 Å². The van der Waals surface area contributed by atoms with Crippen molar-refractivity contribution >= 4 is 10.8 Å². The molecular formula is C16H18O2. The highest BCUT2D eigenvalue weighted by atomic mass is 16.5. The number of ether oxygens (including phenoxy) is 1. The van der Waals surface area contributed by atoms with Crippen LogP contribution in [0, 0.1) is 0 Å². The Morgan fingerprint density at radius 1 is 0.889 bits per heavy atom. The van der Waals surface area contributed by atoms with Gasteiger partial charge in [-0.05, 0) is 60.7 Å². The molecule has 0 atom stereocenters. The zero-order chi connectivity index (χ0) is 12.4. The van der Waals surface area contributed by atoms with Crippen molar-refractivity contribution in [1.29, 1.82) is 0 Å². The SMILES string of the molecule is Oc1ccc2ccc(OC3CCCCC3)cc2c1. The molecule has 0 radical (unpaired) electrons. The van der Waals surface area contributed by atoms with Gasteiger partial charge in [0, 0.05) is 0 Å². The molecular weight excluding hydrogens is 224 g/mol. The molecule has 3 rings (SSSR count). The summed E-state index contributed by atoms with van der Waals surface area (Å²) >= 11 is 0. The van der Waals surface area contributed by atoms with Crippen molar-refractivity contribution < 1.29 is 9.84 Å². The normalized spacial score (nSPS) is 16.9. The van der Waals surface area contributed by atoms with Gasteiger partial charge in [0.05, 0.1) is 6.10 Å². The van der Waals surface area contributed by atoms with E-state index in [2.05, 4.69) is 0 Å². The first-order valence-corrected chi connectivity index (χ1v) is 6.71. The molecule has 94 valence electrons. The average molecular weight is 242 g/mol. The largest absolute Gasteiger partial charge is 0.508 e. The summed E-state index contributed by atoms with van der Waals surface area (Å²) in [6, 6.07) is 11.5. The fourth-order valence-corrected chi connectivity index (χ4v) is 2.66. The molecule has 0 aliphatic heterocycles. The molecule has 2 aromatic carbocycles. The Morgan fingerprint density at radius 2 is 1.67 bits per heavy atom. The van der Waals surface area contributed by atoms with Crippen molar-refractivity contribution in [2.24, 2.45) is 0 Å². The summed E-state index contributed by atoms with van der Waals surface area (Å²) in [6.45, 7) is 0. The van der Waals surface area contributed by atoms with Crippen LogP contribution in [0.3, 0.4) is 0 Å². The molecule has 18 heavy (non-hydrogen) atoms. The number of aromatic hydroxyl groups is 1. The molecule has 0 spiro atoms. The lowest BCUT2D eigenvalue weighted by molar-refractivity contribution is 0.155. The van der Waals surface area contributed by atoms with E-state index in [-0.39, 0.29) is 0 Å². The molecule has 0 unspecified atom stereocenters. The Morgan fingerprint density at radius 3 is 2.50 bits per heavy atom. The second kappa shape index (κ2) is 4.89. The van der Waals surface area contributed by atoms with Gasteiger partial charge in [-0.1, -0.05) is 18.6 Å². The molecule has 0 aromatic heterocycles. The number of phenolic OH excluding ortho intramolecular Hbond substituents is 1. The number of benzene rings is 2. The minimum atomic E-state index is 0.303. The third-order valence-corrected chi connectivity index (χ3v) is 3.65. The first kappa shape index (κ1) is 11.4. The molecule has 1 aliphatic rings. The fraction of sp³-hybridized carbons (Fsp3) is 0.375. The van der Waals surface area contributed by atoms with Crippen LogP contribution >= 0.6 is 0 Å². The van der Waals surface area contributed by atoms with Crippen molar-refractivity contribution in [3.05, 3.63) is 36.4 Å². The standard InChI is InChI=1S/C16H18O2/c17-14-8-6-12-7-9-16(11-13(12)10-14)18-15-4-2-1-3-5-15/h6-11,15,17H,1-5H2. The van der Waals surface area contributed by atoms with Crippen LogP contribution in [-0.2, 0) is 0 Å². The molecule has 1 aliphatic carbocycles. The lowest BCUT2D eigenvalue weighted by Gasteiger charge is -2.23. The minimum absolute atomic E-state index is 0.303. The molecule has 1 fully saturated rings. The van der Waals surface area contributed by atoms with E-state index >= 15 is 0 Å². The van der Waals surface area contributed by atoms with E-state index in [0.717, 1.165) is 29.4 Å². The first-order valence-electron chi connectivity index (χ1n) is 6.71. The van der Waals surface area contributed by atoms with Gasteiger partial charge in [-0.25, -0.2) is 0 Å². The Hall–Kier alpha value is -1.70. The predicted octanol–water partition coefficient (Wildman–Crippen LogP) is 4.26. The van der Waals surface area contributed by atoms with Crippen LogP contribution in [0.5, 0.6) is 11.5 Å². The molecule has 0 saturated heterocycles. The smallest absolute Gasteiger partial charge is 0.120 e. The van der Waals surface area contributed by atoms with Gasteiger partial charge < -0.3 is 9.84 Å². The zero-order valence-corrected chi connectivity index (χ0v) is 10.4. The van der Waals surface area contributed by atoms with Crippen LogP contribution in [0.4, 0.5) is 0 Å². The van der Waals surface area contributed by atoms with Crippen LogP contribution < -0.4 is 4.74 Å². The van der Waals surface area contributed by atoms with Gasteiger partial charge in [0.25, 0.3) is 0 Å². The maximum atomic E-state index is 9.50. The van der Waals surface area contributed by atoms with Gasteiger partial charge in [0.15, 0.2) is 0 Å². The van der Waals surface area contributed by atoms with Gasteiger partial charge in [0.2, 0.25) is 0 Å². The monoisotopic (exact) mass is 242 g/mol. The van der Waals surface area contributed by atoms with Crippen LogP contribution in [-0.4, -0.2) is 11.2 Å². The number of hydrogen-bond donors (Lipinski definition) is 1. The van der Waals surface area contributed by atoms with Gasteiger partial charge >= 0.3 is 0 Å². The Balaban J connectivity index is 1.83. The lowest BCUT2D eigenvalue weighted by atomic mass is 9.98. The lowest BCUT2D eigenvalue weighted by Crippen LogP contribution is -2.19. The van der Waals surface area contributed by atoms with Crippen molar-refractivity contribution in [3.63, 3.8) is 0 Å². The van der Waals surface area contributed by atoms with Crippen molar-refractivity contribution in [3.8, 4) is 11.5 Å². The Bertz CT molecular complexity index is 542. The summed E-state index contributed by atoms with van der Waals surface area (Å²) in [4.78, 5) is 0. The quantitative estimate of drug-likeness (QED) is 0.852. The molecule has 1 N–H and O–H groups in total. The van der Waals surface area contributed by atoms with Crippen molar-refractivity contribution in [2.75, 3.05) is 0 Å². The highest BCUT2D eigenvalue weighted by Gasteiger charge is 2.14. The van der Waals surface area contributed by atoms with E-state index in [1.165, 1.54) is 19.3 Å². The van der Waals surface area contributed by atoms with Gasteiger partial charge in [-0.15, -0.1) is 0 Å². The molecule has 0 heterocycles. The van der Waals surface area contributed by atoms with E-state index in [4.69, 9.17) is 4.74 Å². The molecule has 1 saturated carbocycles. The van der Waals surface area contributed by atoms with Crippen molar-refractivity contribution in [2.45, 2.75) is 38.2 Å². The van der Waals surface area contributed by atoms with Crippen LogP contribution in [0.1, 0.15) is 32.1 Å². The second-order valence-electron chi connectivity index (χ2n) is 5.07. The highest BCUT2D eigenvalue weighted by Crippen LogP contribution is 2.27. The second-order valence-corrected chi connectivity index (χ2v) is 5.07. The highest BCUT2D eigenvalue weighted by molar-refractivity contribution is 5.85. The summed E-state index contributed by atoms with van der Waals surface area (Å²) in [6.07, 6.45) is 6.59.